The van der Waals surface area contributed by atoms with Crippen molar-refractivity contribution in [3.63, 3.8) is 0 Å². The van der Waals surface area contributed by atoms with Gasteiger partial charge in [0.2, 0.25) is 0 Å². The topological polar surface area (TPSA) is 46.5 Å². The number of rotatable bonds is 6. The van der Waals surface area contributed by atoms with Crippen molar-refractivity contribution in [2.24, 2.45) is 0 Å². The lowest BCUT2D eigenvalue weighted by Crippen LogP contribution is -2.14. The van der Waals surface area contributed by atoms with Crippen molar-refractivity contribution in [2.75, 3.05) is 38.1 Å². The number of thiol groups is 1. The predicted octanol–water partition coefficient (Wildman–Crippen LogP) is -0.338. The van der Waals surface area contributed by atoms with E-state index in [4.69, 9.17) is 9.84 Å². The Morgan fingerprint density at radius 2 is 2.00 bits per heavy atom. The van der Waals surface area contributed by atoms with E-state index in [1.54, 1.807) is 12.5 Å². The van der Waals surface area contributed by atoms with Crippen molar-refractivity contribution in [3.05, 3.63) is 0 Å². The van der Waals surface area contributed by atoms with Gasteiger partial charge in [0.1, 0.15) is 0 Å². The maximum Gasteiger partial charge on any atom is 0.0697 e. The van der Waals surface area contributed by atoms with Gasteiger partial charge in [-0.05, 0) is 18.9 Å². The molecule has 0 amide bonds. The third kappa shape index (κ3) is 10.1. The van der Waals surface area contributed by atoms with Crippen LogP contribution in [0.25, 0.3) is 0 Å². The van der Waals surface area contributed by atoms with Crippen LogP contribution in [0.2, 0.25) is 0 Å². The third-order valence-electron chi connectivity index (χ3n) is 1.22. The smallest absolute Gasteiger partial charge is 0.0697 e. The van der Waals surface area contributed by atoms with Gasteiger partial charge in [0.15, 0.2) is 0 Å². The third-order valence-corrected chi connectivity index (χ3v) is 2.61. The minimum absolute atomic E-state index is 0.0654. The Morgan fingerprint density at radius 1 is 1.36 bits per heavy atom. The molecule has 0 heterocycles. The van der Waals surface area contributed by atoms with Gasteiger partial charge in [0.05, 0.1) is 13.2 Å². The summed E-state index contributed by atoms with van der Waals surface area (Å²) in [6, 6.07) is 0. The molecule has 0 aromatic heterocycles. The van der Waals surface area contributed by atoms with E-state index in [1.807, 2.05) is 0 Å². The highest BCUT2D eigenvalue weighted by Crippen LogP contribution is 1.95. The molecule has 0 aliphatic carbocycles. The van der Waals surface area contributed by atoms with Gasteiger partial charge in [-0.2, -0.15) is 0 Å². The summed E-state index contributed by atoms with van der Waals surface area (Å²) in [4.78, 5) is 0. The van der Waals surface area contributed by atoms with Crippen LogP contribution in [0.15, 0.2) is 0 Å². The lowest BCUT2D eigenvalue weighted by atomic mass is 10.5. The molecule has 0 bridgehead atoms. The van der Waals surface area contributed by atoms with Gasteiger partial charge in [0.25, 0.3) is 0 Å². The van der Waals surface area contributed by atoms with E-state index in [0.29, 0.717) is 13.2 Å². The summed E-state index contributed by atoms with van der Waals surface area (Å²) in [5.74, 6) is 0.735. The van der Waals surface area contributed by atoms with Gasteiger partial charge in [0, 0.05) is 12.4 Å². The fraction of sp³-hybridized carbons (Fsp3) is 1.00. The average Bonchev–Trinajstić information content (AvgIpc) is 1.85. The van der Waals surface area contributed by atoms with Crippen molar-refractivity contribution in [1.29, 1.82) is 0 Å². The summed E-state index contributed by atoms with van der Waals surface area (Å²) < 4.78 is 16.1. The predicted molar refractivity (Wildman–Crippen MR) is 48.8 cm³/mol. The molecule has 0 aliphatic heterocycles. The Hall–Kier alpha value is 0.0700. The molecular weight excluding hydrogens is 164 g/mol. The highest BCUT2D eigenvalue weighted by molar-refractivity contribution is 8.01. The Morgan fingerprint density at radius 3 is 2.45 bits per heavy atom. The molecule has 0 aromatic rings. The van der Waals surface area contributed by atoms with Crippen LogP contribution in [0.4, 0.5) is 0 Å². The molecular formula is C7H18O3S. The van der Waals surface area contributed by atoms with Gasteiger partial charge in [-0.1, -0.05) is 0 Å². The summed E-state index contributed by atoms with van der Waals surface area (Å²) in [5, 5.41) is 8.35. The molecule has 0 spiro atoms. The van der Waals surface area contributed by atoms with Crippen LogP contribution in [0.3, 0.4) is 0 Å². The highest BCUT2D eigenvalue weighted by Gasteiger charge is 1.98. The number of aliphatic hydroxyl groups is 1. The second-order valence-corrected chi connectivity index (χ2v) is 6.58. The maximum atomic E-state index is 11.1. The van der Waals surface area contributed by atoms with Crippen LogP contribution >= 0.6 is 0 Å². The SMILES string of the molecule is C[SH](C)(=O)CCCOCCO. The molecule has 0 saturated heterocycles. The summed E-state index contributed by atoms with van der Waals surface area (Å²) in [6.45, 7) is 1.06. The Kier molecular flexibility index (Phi) is 5.72. The van der Waals surface area contributed by atoms with E-state index < -0.39 is 9.93 Å². The summed E-state index contributed by atoms with van der Waals surface area (Å²) >= 11 is 0. The van der Waals surface area contributed by atoms with E-state index in [0.717, 1.165) is 12.2 Å². The van der Waals surface area contributed by atoms with E-state index in [1.165, 1.54) is 0 Å². The van der Waals surface area contributed by atoms with Crippen molar-refractivity contribution in [3.8, 4) is 0 Å². The molecule has 0 rings (SSSR count). The Labute approximate surface area is 69.2 Å². The highest BCUT2D eigenvalue weighted by atomic mass is 32.2. The van der Waals surface area contributed by atoms with Crippen LogP contribution in [0.5, 0.6) is 0 Å². The van der Waals surface area contributed by atoms with Gasteiger partial charge < -0.3 is 9.84 Å². The zero-order valence-electron chi connectivity index (χ0n) is 7.25. The van der Waals surface area contributed by atoms with Crippen molar-refractivity contribution in [1.82, 2.24) is 0 Å². The number of hydrogen-bond donors (Lipinski definition) is 2. The normalized spacial score (nSPS) is 13.4. The van der Waals surface area contributed by atoms with E-state index >= 15 is 0 Å². The largest absolute Gasteiger partial charge is 0.394 e. The lowest BCUT2D eigenvalue weighted by Gasteiger charge is -2.10. The molecule has 0 atom stereocenters. The zero-order valence-corrected chi connectivity index (χ0v) is 8.14. The molecule has 4 heteroatoms. The average molecular weight is 182 g/mol. The zero-order chi connectivity index (χ0) is 8.74. The fourth-order valence-corrected chi connectivity index (χ4v) is 1.60. The van der Waals surface area contributed by atoms with Gasteiger partial charge >= 0.3 is 0 Å². The summed E-state index contributed by atoms with van der Waals surface area (Å²) in [5.41, 5.74) is 0. The summed E-state index contributed by atoms with van der Waals surface area (Å²) in [7, 11) is -1.86. The van der Waals surface area contributed by atoms with E-state index in [2.05, 4.69) is 0 Å². The minimum Gasteiger partial charge on any atom is -0.394 e. The second kappa shape index (κ2) is 5.69. The molecule has 0 radical (unpaired) electrons. The fourth-order valence-electron chi connectivity index (χ4n) is 0.714. The van der Waals surface area contributed by atoms with Crippen LogP contribution in [0, 0.1) is 0 Å². The molecule has 70 valence electrons. The molecule has 0 unspecified atom stereocenters. The first kappa shape index (κ1) is 11.1. The molecule has 1 N–H and O–H groups in total. The van der Waals surface area contributed by atoms with Crippen molar-refractivity contribution >= 4 is 9.93 Å². The Bertz CT molecular complexity index is 130. The first-order valence-corrected chi connectivity index (χ1v) is 6.57. The van der Waals surface area contributed by atoms with Crippen molar-refractivity contribution in [2.45, 2.75) is 6.42 Å². The first-order valence-electron chi connectivity index (χ1n) is 3.79. The number of ether oxygens (including phenoxy) is 1. The van der Waals surface area contributed by atoms with Crippen LogP contribution in [-0.2, 0) is 14.7 Å². The van der Waals surface area contributed by atoms with Gasteiger partial charge in [-0.3, -0.25) is 4.21 Å². The van der Waals surface area contributed by atoms with Crippen LogP contribution in [0.1, 0.15) is 6.42 Å². The first-order chi connectivity index (χ1) is 5.06. The lowest BCUT2D eigenvalue weighted by molar-refractivity contribution is 0.0931. The molecule has 0 aliphatic rings. The van der Waals surface area contributed by atoms with Gasteiger partial charge in [-0.25, -0.2) is 0 Å². The quantitative estimate of drug-likeness (QED) is 0.436. The molecule has 0 saturated carbocycles. The minimum atomic E-state index is -1.86. The van der Waals surface area contributed by atoms with Crippen molar-refractivity contribution < 1.29 is 14.1 Å². The van der Waals surface area contributed by atoms with E-state index in [-0.39, 0.29) is 6.61 Å². The second-order valence-electron chi connectivity index (χ2n) is 2.99. The number of hydrogen-bond acceptors (Lipinski definition) is 3. The molecule has 3 nitrogen and oxygen atoms in total. The Balaban J connectivity index is 3.09. The standard InChI is InChI=1S/C7H18O3S/c1-11(2,9)7-3-5-10-6-4-8/h8,11H,3-7H2,1-2H3. The number of aliphatic hydroxyl groups excluding tert-OH is 1. The molecule has 0 aromatic carbocycles. The maximum absolute atomic E-state index is 11.1. The molecule has 0 fully saturated rings. The molecule has 11 heavy (non-hydrogen) atoms. The monoisotopic (exact) mass is 182 g/mol. The summed E-state index contributed by atoms with van der Waals surface area (Å²) in [6.07, 6.45) is 4.38. The van der Waals surface area contributed by atoms with Crippen LogP contribution < -0.4 is 0 Å². The van der Waals surface area contributed by atoms with E-state index in [9.17, 15) is 4.21 Å². The van der Waals surface area contributed by atoms with Gasteiger partial charge in [-0.15, -0.1) is 9.93 Å². The van der Waals surface area contributed by atoms with Crippen LogP contribution in [-0.4, -0.2) is 47.4 Å².